The molecule has 36 heavy (non-hydrogen) atoms. The fourth-order valence-electron chi connectivity index (χ4n) is 3.80. The molecule has 0 bridgehead atoms. The van der Waals surface area contributed by atoms with Gasteiger partial charge in [-0.2, -0.15) is 23.4 Å². The lowest BCUT2D eigenvalue weighted by Gasteiger charge is -2.20. The Labute approximate surface area is 209 Å². The number of fused-ring (bicyclic) bond motifs is 1. The Morgan fingerprint density at radius 3 is 2.47 bits per heavy atom. The van der Waals surface area contributed by atoms with Crippen molar-refractivity contribution < 1.29 is 13.2 Å². The first kappa shape index (κ1) is 23.7. The molecule has 0 fully saturated rings. The van der Waals surface area contributed by atoms with E-state index < -0.39 is 11.7 Å². The van der Waals surface area contributed by atoms with Crippen molar-refractivity contribution in [3.05, 3.63) is 94.9 Å². The van der Waals surface area contributed by atoms with E-state index in [4.69, 9.17) is 21.7 Å². The van der Waals surface area contributed by atoms with Gasteiger partial charge in [0.1, 0.15) is 5.82 Å². The van der Waals surface area contributed by atoms with Crippen LogP contribution in [0.4, 0.5) is 24.7 Å². The number of aromatic nitrogens is 5. The van der Waals surface area contributed by atoms with Gasteiger partial charge in [0.2, 0.25) is 0 Å². The molecule has 11 heteroatoms. The molecule has 0 saturated carbocycles. The number of hydrogen-bond acceptors (Lipinski definition) is 5. The molecule has 5 rings (SSSR count). The molecule has 0 saturated heterocycles. The Morgan fingerprint density at radius 2 is 1.81 bits per heavy atom. The lowest BCUT2D eigenvalue weighted by molar-refractivity contribution is -0.137. The van der Waals surface area contributed by atoms with Crippen molar-refractivity contribution in [3.63, 3.8) is 0 Å². The smallest absolute Gasteiger partial charge is 0.379 e. The van der Waals surface area contributed by atoms with Crippen LogP contribution in [0.2, 0.25) is 5.02 Å². The number of aromatic amines is 1. The Kier molecular flexibility index (Phi) is 6.27. The average molecular weight is 512 g/mol. The summed E-state index contributed by atoms with van der Waals surface area (Å²) < 4.78 is 40.4. The van der Waals surface area contributed by atoms with Crippen LogP contribution in [0.15, 0.2) is 73.1 Å². The average Bonchev–Trinajstić information content (AvgIpc) is 3.53. The Hall–Kier alpha value is -4.05. The highest BCUT2D eigenvalue weighted by Gasteiger charge is 2.30. The highest BCUT2D eigenvalue weighted by atomic mass is 35.5. The van der Waals surface area contributed by atoms with E-state index in [-0.39, 0.29) is 0 Å². The molecule has 0 atom stereocenters. The summed E-state index contributed by atoms with van der Waals surface area (Å²) in [5, 5.41) is 15.6. The summed E-state index contributed by atoms with van der Waals surface area (Å²) in [5.74, 6) is 0.649. The predicted molar refractivity (Wildman–Crippen MR) is 133 cm³/mol. The molecule has 0 amide bonds. The van der Waals surface area contributed by atoms with E-state index in [0.717, 1.165) is 40.3 Å². The maximum atomic E-state index is 12.9. The van der Waals surface area contributed by atoms with Crippen LogP contribution in [0.1, 0.15) is 16.8 Å². The molecule has 0 unspecified atom stereocenters. The third-order valence-electron chi connectivity index (χ3n) is 5.67. The van der Waals surface area contributed by atoms with Gasteiger partial charge in [0, 0.05) is 48.2 Å². The third kappa shape index (κ3) is 5.13. The zero-order valence-corrected chi connectivity index (χ0v) is 19.8. The first-order valence-corrected chi connectivity index (χ1v) is 11.4. The highest BCUT2D eigenvalue weighted by Crippen LogP contribution is 2.30. The minimum absolute atomic E-state index is 0.380. The second kappa shape index (κ2) is 9.54. The first-order chi connectivity index (χ1) is 17.3. The molecule has 184 valence electrons. The molecule has 3 aromatic heterocycles. The third-order valence-corrected chi connectivity index (χ3v) is 5.92. The maximum absolute atomic E-state index is 12.9. The summed E-state index contributed by atoms with van der Waals surface area (Å²) in [4.78, 5) is 6.64. The van der Waals surface area contributed by atoms with Crippen molar-refractivity contribution in [3.8, 4) is 11.3 Å². The fraction of sp³-hybridized carbons (Fsp3) is 0.160. The molecule has 5 aromatic rings. The van der Waals surface area contributed by atoms with E-state index in [9.17, 15) is 13.2 Å². The molecule has 0 spiro atoms. The van der Waals surface area contributed by atoms with E-state index in [2.05, 4.69) is 15.5 Å². The Bertz CT molecular complexity index is 1460. The van der Waals surface area contributed by atoms with E-state index in [1.54, 1.807) is 16.9 Å². The number of halogens is 4. The number of hydrogen-bond donors (Lipinski definition) is 2. The van der Waals surface area contributed by atoms with Gasteiger partial charge in [-0.05, 0) is 42.0 Å². The summed E-state index contributed by atoms with van der Waals surface area (Å²) in [6.07, 6.45) is -0.901. The molecule has 0 radical (unpaired) electrons. The first-order valence-electron chi connectivity index (χ1n) is 11.0. The fourth-order valence-corrected chi connectivity index (χ4v) is 3.93. The van der Waals surface area contributed by atoms with Gasteiger partial charge >= 0.3 is 6.18 Å². The topological polar surface area (TPSA) is 74.1 Å². The predicted octanol–water partition coefficient (Wildman–Crippen LogP) is 6.04. The molecule has 2 aromatic carbocycles. The Morgan fingerprint density at radius 1 is 1.06 bits per heavy atom. The summed E-state index contributed by atoms with van der Waals surface area (Å²) >= 11 is 5.96. The van der Waals surface area contributed by atoms with Crippen molar-refractivity contribution in [2.24, 2.45) is 0 Å². The summed E-state index contributed by atoms with van der Waals surface area (Å²) in [6, 6.07) is 16.3. The lowest BCUT2D eigenvalue weighted by atomic mass is 10.1. The Balaban J connectivity index is 1.42. The van der Waals surface area contributed by atoms with Crippen LogP contribution >= 0.6 is 11.6 Å². The van der Waals surface area contributed by atoms with E-state index >= 15 is 0 Å². The second-order valence-electron chi connectivity index (χ2n) is 8.30. The number of nitrogens with one attached hydrogen (secondary N) is 2. The van der Waals surface area contributed by atoms with Crippen molar-refractivity contribution in [2.75, 3.05) is 17.3 Å². The molecule has 7 nitrogen and oxygen atoms in total. The zero-order valence-electron chi connectivity index (χ0n) is 19.1. The van der Waals surface area contributed by atoms with E-state index in [1.807, 2.05) is 48.3 Å². The van der Waals surface area contributed by atoms with Crippen molar-refractivity contribution in [1.29, 1.82) is 0 Å². The van der Waals surface area contributed by atoms with Crippen LogP contribution in [0, 0.1) is 0 Å². The van der Waals surface area contributed by atoms with E-state index in [0.29, 0.717) is 29.6 Å². The summed E-state index contributed by atoms with van der Waals surface area (Å²) in [5.41, 5.74) is 4.00. The number of rotatable bonds is 7. The van der Waals surface area contributed by atoms with Gasteiger partial charge in [-0.1, -0.05) is 23.7 Å². The lowest BCUT2D eigenvalue weighted by Crippen LogP contribution is -2.18. The largest absolute Gasteiger partial charge is 0.416 e. The van der Waals surface area contributed by atoms with Crippen LogP contribution in [0.5, 0.6) is 0 Å². The van der Waals surface area contributed by atoms with Gasteiger partial charge in [0.15, 0.2) is 5.65 Å². The zero-order chi connectivity index (χ0) is 25.3. The van der Waals surface area contributed by atoms with Crippen LogP contribution in [0.3, 0.4) is 0 Å². The van der Waals surface area contributed by atoms with Crippen LogP contribution in [0.25, 0.3) is 16.9 Å². The normalized spacial score (nSPS) is 11.7. The molecule has 0 aliphatic carbocycles. The SMILES string of the molecule is CN(Cc1ccc(C(F)(F)F)cc1)c1cc(-c2cn[nH]c2)n2nc(CNc3ccc(Cl)cc3)cc2n1. The standard InChI is InChI=1S/C25H21ClF3N7/c1-35(15-16-2-4-18(5-3-16)25(27,28)29)23-11-22(17-12-31-32-13-17)36-24(33-23)10-21(34-36)14-30-20-8-6-19(26)7-9-20/h2-13,30H,14-15H2,1H3,(H,31,32). The summed E-state index contributed by atoms with van der Waals surface area (Å²) in [6.45, 7) is 0.859. The van der Waals surface area contributed by atoms with Crippen LogP contribution in [-0.2, 0) is 19.3 Å². The number of anilines is 2. The number of H-pyrrole nitrogens is 1. The molecular formula is C25H21ClF3N7. The molecule has 2 N–H and O–H groups in total. The monoisotopic (exact) mass is 511 g/mol. The van der Waals surface area contributed by atoms with E-state index in [1.165, 1.54) is 12.1 Å². The van der Waals surface area contributed by atoms with Gasteiger partial charge in [-0.15, -0.1) is 0 Å². The maximum Gasteiger partial charge on any atom is 0.416 e. The number of benzene rings is 2. The summed E-state index contributed by atoms with van der Waals surface area (Å²) in [7, 11) is 1.84. The molecule has 3 heterocycles. The minimum Gasteiger partial charge on any atom is -0.379 e. The number of nitrogens with zero attached hydrogens (tertiary/aromatic N) is 5. The van der Waals surface area contributed by atoms with Gasteiger partial charge < -0.3 is 10.2 Å². The second-order valence-corrected chi connectivity index (χ2v) is 8.74. The highest BCUT2D eigenvalue weighted by molar-refractivity contribution is 6.30. The van der Waals surface area contributed by atoms with Crippen LogP contribution in [-0.4, -0.2) is 31.8 Å². The van der Waals surface area contributed by atoms with Crippen LogP contribution < -0.4 is 10.2 Å². The van der Waals surface area contributed by atoms with Crippen molar-refractivity contribution in [1.82, 2.24) is 24.8 Å². The van der Waals surface area contributed by atoms with Gasteiger partial charge in [0.05, 0.1) is 29.7 Å². The van der Waals surface area contributed by atoms with Crippen molar-refractivity contribution in [2.45, 2.75) is 19.3 Å². The van der Waals surface area contributed by atoms with Gasteiger partial charge in [0.25, 0.3) is 0 Å². The quantitative estimate of drug-likeness (QED) is 0.279. The molecule has 0 aliphatic rings. The molecular weight excluding hydrogens is 491 g/mol. The van der Waals surface area contributed by atoms with Gasteiger partial charge in [-0.3, -0.25) is 5.10 Å². The van der Waals surface area contributed by atoms with Gasteiger partial charge in [-0.25, -0.2) is 9.50 Å². The van der Waals surface area contributed by atoms with Crippen molar-refractivity contribution >= 4 is 28.8 Å². The molecule has 0 aliphatic heterocycles. The number of alkyl halides is 3. The minimum atomic E-state index is -4.36.